The first-order valence-electron chi connectivity index (χ1n) is 7.90. The average molecular weight is 348 g/mol. The lowest BCUT2D eigenvalue weighted by Gasteiger charge is -2.22. The first-order chi connectivity index (χ1) is 10.3. The molecule has 3 rings (SSSR count). The number of halogens is 1. The second-order valence-electron chi connectivity index (χ2n) is 5.72. The zero-order valence-corrected chi connectivity index (χ0v) is 14.1. The monoisotopic (exact) mass is 347 g/mol. The van der Waals surface area contributed by atoms with Crippen molar-refractivity contribution >= 4 is 26.9 Å². The maximum absolute atomic E-state index is 6.16. The van der Waals surface area contributed by atoms with E-state index in [1.165, 1.54) is 36.6 Å². The summed E-state index contributed by atoms with van der Waals surface area (Å²) in [6.07, 6.45) is 8.52. The molecular weight excluding hydrogens is 326 g/mol. The van der Waals surface area contributed by atoms with Crippen LogP contribution in [0.25, 0.3) is 11.0 Å². The largest absolute Gasteiger partial charge is 0.458 e. The van der Waals surface area contributed by atoms with Gasteiger partial charge in [-0.3, -0.25) is 0 Å². The molecule has 21 heavy (non-hydrogen) atoms. The summed E-state index contributed by atoms with van der Waals surface area (Å²) in [7, 11) is 0. The second-order valence-corrected chi connectivity index (χ2v) is 6.57. The van der Waals surface area contributed by atoms with Crippen LogP contribution in [0.2, 0.25) is 0 Å². The number of para-hydroxylation sites is 1. The molecule has 1 aliphatic rings. The fraction of sp³-hybridized carbons (Fsp3) is 0.444. The van der Waals surface area contributed by atoms with Gasteiger partial charge in [-0.25, -0.2) is 0 Å². The lowest BCUT2D eigenvalue weighted by Crippen LogP contribution is -2.24. The maximum atomic E-state index is 6.16. The van der Waals surface area contributed by atoms with Crippen LogP contribution in [0.4, 0.5) is 0 Å². The van der Waals surface area contributed by atoms with E-state index < -0.39 is 0 Å². The van der Waals surface area contributed by atoms with Gasteiger partial charge in [0.25, 0.3) is 0 Å². The molecule has 1 atom stereocenters. The third-order valence-electron chi connectivity index (χ3n) is 4.09. The van der Waals surface area contributed by atoms with Gasteiger partial charge >= 0.3 is 0 Å². The van der Waals surface area contributed by atoms with Crippen molar-refractivity contribution in [1.29, 1.82) is 0 Å². The minimum Gasteiger partial charge on any atom is -0.458 e. The maximum Gasteiger partial charge on any atom is 0.148 e. The third kappa shape index (κ3) is 3.24. The van der Waals surface area contributed by atoms with E-state index in [0.29, 0.717) is 0 Å². The normalized spacial score (nSPS) is 17.0. The van der Waals surface area contributed by atoms with Crippen LogP contribution in [0.5, 0.6) is 0 Å². The molecule has 1 aliphatic carbocycles. The van der Waals surface area contributed by atoms with E-state index in [1.54, 1.807) is 0 Å². The van der Waals surface area contributed by atoms with Crippen molar-refractivity contribution in [2.45, 2.75) is 45.1 Å². The Kier molecular flexibility index (Phi) is 4.81. The first-order valence-corrected chi connectivity index (χ1v) is 8.69. The summed E-state index contributed by atoms with van der Waals surface area (Å²) in [6, 6.07) is 8.61. The molecule has 2 aromatic rings. The number of furan rings is 1. The number of benzene rings is 1. The number of nitrogens with one attached hydrogen (secondary N) is 1. The number of hydrogen-bond acceptors (Lipinski definition) is 2. The number of hydrogen-bond donors (Lipinski definition) is 1. The number of fused-ring (bicyclic) bond motifs is 1. The van der Waals surface area contributed by atoms with Gasteiger partial charge in [-0.2, -0.15) is 0 Å². The number of rotatable bonds is 5. The lowest BCUT2D eigenvalue weighted by molar-refractivity contribution is 0.449. The minimum atomic E-state index is 0.226. The summed E-state index contributed by atoms with van der Waals surface area (Å²) in [5, 5.41) is 4.82. The van der Waals surface area contributed by atoms with Gasteiger partial charge in [0.15, 0.2) is 0 Å². The van der Waals surface area contributed by atoms with Crippen LogP contribution in [0.1, 0.15) is 50.8 Å². The second kappa shape index (κ2) is 6.80. The van der Waals surface area contributed by atoms with E-state index in [1.807, 2.05) is 6.07 Å². The summed E-state index contributed by atoms with van der Waals surface area (Å²) < 4.78 is 7.19. The van der Waals surface area contributed by atoms with E-state index in [2.05, 4.69) is 52.4 Å². The highest BCUT2D eigenvalue weighted by Gasteiger charge is 2.21. The van der Waals surface area contributed by atoms with Crippen LogP contribution in [-0.4, -0.2) is 6.54 Å². The number of allylic oxidation sites excluding steroid dienone is 1. The Labute approximate surface area is 134 Å². The molecule has 1 unspecified atom stereocenters. The van der Waals surface area contributed by atoms with Crippen molar-refractivity contribution < 1.29 is 4.42 Å². The predicted octanol–water partition coefficient (Wildman–Crippen LogP) is 5.74. The molecule has 1 aromatic heterocycles. The van der Waals surface area contributed by atoms with Gasteiger partial charge in [0.05, 0.1) is 10.5 Å². The quantitative estimate of drug-likeness (QED) is 0.698. The Bertz CT molecular complexity index is 644. The Morgan fingerprint density at radius 2 is 2.24 bits per heavy atom. The van der Waals surface area contributed by atoms with Gasteiger partial charge in [0.1, 0.15) is 11.3 Å². The molecule has 0 saturated heterocycles. The van der Waals surface area contributed by atoms with Crippen LogP contribution in [0.3, 0.4) is 0 Å². The third-order valence-corrected chi connectivity index (χ3v) is 4.72. The molecule has 0 fully saturated rings. The highest BCUT2D eigenvalue weighted by atomic mass is 79.9. The van der Waals surface area contributed by atoms with Gasteiger partial charge in [-0.15, -0.1) is 0 Å². The van der Waals surface area contributed by atoms with Crippen molar-refractivity contribution in [3.8, 4) is 0 Å². The highest BCUT2D eigenvalue weighted by Crippen LogP contribution is 2.35. The molecular formula is C18H22BrNO. The Balaban J connectivity index is 1.97. The van der Waals surface area contributed by atoms with Gasteiger partial charge in [0.2, 0.25) is 0 Å². The molecule has 3 heteroatoms. The zero-order chi connectivity index (χ0) is 14.7. The lowest BCUT2D eigenvalue weighted by atomic mass is 9.92. The summed E-state index contributed by atoms with van der Waals surface area (Å²) >= 11 is 3.58. The van der Waals surface area contributed by atoms with Gasteiger partial charge in [0, 0.05) is 5.39 Å². The molecule has 1 aromatic carbocycles. The fourth-order valence-corrected chi connectivity index (χ4v) is 3.48. The van der Waals surface area contributed by atoms with E-state index in [0.717, 1.165) is 28.8 Å². The molecule has 1 heterocycles. The highest BCUT2D eigenvalue weighted by molar-refractivity contribution is 9.10. The van der Waals surface area contributed by atoms with E-state index in [9.17, 15) is 0 Å². The van der Waals surface area contributed by atoms with Crippen molar-refractivity contribution in [3.05, 3.63) is 46.1 Å². The first kappa shape index (κ1) is 14.9. The Hall–Kier alpha value is -1.06. The van der Waals surface area contributed by atoms with Gasteiger partial charge in [-0.1, -0.05) is 25.1 Å². The smallest absolute Gasteiger partial charge is 0.148 e. The fourth-order valence-electron chi connectivity index (χ4n) is 3.02. The van der Waals surface area contributed by atoms with Gasteiger partial charge < -0.3 is 9.73 Å². The molecule has 0 amide bonds. The van der Waals surface area contributed by atoms with Crippen LogP contribution in [-0.2, 0) is 0 Å². The SMILES string of the molecule is CCCNC(C1=CCCCC1)c1cc2cccc(Br)c2o1. The molecule has 112 valence electrons. The van der Waals surface area contributed by atoms with E-state index in [-0.39, 0.29) is 6.04 Å². The van der Waals surface area contributed by atoms with Crippen molar-refractivity contribution in [3.63, 3.8) is 0 Å². The summed E-state index contributed by atoms with van der Waals surface area (Å²) in [6.45, 7) is 3.22. The van der Waals surface area contributed by atoms with Crippen molar-refractivity contribution in [2.75, 3.05) is 6.54 Å². The summed E-state index contributed by atoms with van der Waals surface area (Å²) in [5.74, 6) is 1.04. The van der Waals surface area contributed by atoms with Crippen LogP contribution < -0.4 is 5.32 Å². The van der Waals surface area contributed by atoms with Crippen LogP contribution in [0.15, 0.2) is 44.8 Å². The minimum absolute atomic E-state index is 0.226. The van der Waals surface area contributed by atoms with Crippen LogP contribution >= 0.6 is 15.9 Å². The predicted molar refractivity (Wildman–Crippen MR) is 91.5 cm³/mol. The zero-order valence-electron chi connectivity index (χ0n) is 12.5. The molecule has 0 radical (unpaired) electrons. The van der Waals surface area contributed by atoms with Crippen molar-refractivity contribution in [1.82, 2.24) is 5.32 Å². The topological polar surface area (TPSA) is 25.2 Å². The van der Waals surface area contributed by atoms with Gasteiger partial charge in [-0.05, 0) is 72.3 Å². The molecule has 0 spiro atoms. The Morgan fingerprint density at radius 3 is 2.95 bits per heavy atom. The molecule has 2 nitrogen and oxygen atoms in total. The standard InChI is InChI=1S/C18H22BrNO/c1-2-11-20-17(13-7-4-3-5-8-13)16-12-14-9-6-10-15(19)18(14)21-16/h6-7,9-10,12,17,20H,2-5,8,11H2,1H3. The summed E-state index contributed by atoms with van der Waals surface area (Å²) in [5.41, 5.74) is 2.44. The molecule has 0 bridgehead atoms. The van der Waals surface area contributed by atoms with Crippen LogP contribution in [0, 0.1) is 0 Å². The molecule has 1 N–H and O–H groups in total. The van der Waals surface area contributed by atoms with E-state index >= 15 is 0 Å². The van der Waals surface area contributed by atoms with E-state index in [4.69, 9.17) is 4.42 Å². The average Bonchev–Trinajstić information content (AvgIpc) is 2.94. The Morgan fingerprint density at radius 1 is 1.33 bits per heavy atom. The summed E-state index contributed by atoms with van der Waals surface area (Å²) in [4.78, 5) is 0. The molecule has 0 saturated carbocycles. The van der Waals surface area contributed by atoms with Crippen molar-refractivity contribution in [2.24, 2.45) is 0 Å². The molecule has 0 aliphatic heterocycles.